The van der Waals surface area contributed by atoms with Crippen LogP contribution >= 0.6 is 11.6 Å². The third-order valence-electron chi connectivity index (χ3n) is 4.89. The highest BCUT2D eigenvalue weighted by Crippen LogP contribution is 2.35. The number of amides is 2. The van der Waals surface area contributed by atoms with Crippen molar-refractivity contribution in [3.8, 4) is 11.5 Å². The van der Waals surface area contributed by atoms with Crippen LogP contribution in [0, 0.1) is 5.82 Å². The predicted octanol–water partition coefficient (Wildman–Crippen LogP) is 4.93. The van der Waals surface area contributed by atoms with Crippen LogP contribution in [0.4, 0.5) is 15.8 Å². The van der Waals surface area contributed by atoms with Gasteiger partial charge >= 0.3 is 0 Å². The molecule has 0 spiro atoms. The summed E-state index contributed by atoms with van der Waals surface area (Å²) >= 11 is 5.96. The van der Waals surface area contributed by atoms with E-state index < -0.39 is 11.7 Å². The van der Waals surface area contributed by atoms with Crippen molar-refractivity contribution in [3.63, 3.8) is 0 Å². The van der Waals surface area contributed by atoms with Crippen molar-refractivity contribution in [3.05, 3.63) is 83.1 Å². The Balaban J connectivity index is 1.42. The van der Waals surface area contributed by atoms with Crippen LogP contribution in [0.25, 0.3) is 0 Å². The van der Waals surface area contributed by atoms with E-state index in [0.717, 1.165) is 5.75 Å². The Morgan fingerprint density at radius 3 is 2.72 bits per heavy atom. The van der Waals surface area contributed by atoms with Crippen LogP contribution in [-0.4, -0.2) is 31.6 Å². The maximum atomic E-state index is 14.0. The molecule has 0 aliphatic carbocycles. The number of ether oxygens (including phenoxy) is 2. The number of benzene rings is 3. The quantitative estimate of drug-likeness (QED) is 0.514. The lowest BCUT2D eigenvalue weighted by atomic mass is 10.1. The third kappa shape index (κ3) is 4.84. The van der Waals surface area contributed by atoms with Crippen LogP contribution in [0.1, 0.15) is 16.8 Å². The molecule has 0 saturated carbocycles. The van der Waals surface area contributed by atoms with Gasteiger partial charge in [-0.3, -0.25) is 9.59 Å². The molecule has 6 nitrogen and oxygen atoms in total. The summed E-state index contributed by atoms with van der Waals surface area (Å²) in [6.07, 6.45) is 0.629. The van der Waals surface area contributed by atoms with Crippen LogP contribution in [0.3, 0.4) is 0 Å². The lowest BCUT2D eigenvalue weighted by Gasteiger charge is -2.29. The van der Waals surface area contributed by atoms with Crippen molar-refractivity contribution in [1.29, 1.82) is 0 Å². The summed E-state index contributed by atoms with van der Waals surface area (Å²) in [5, 5.41) is 2.64. The normalized spacial score (nSPS) is 12.7. The number of nitrogens with one attached hydrogen (secondary N) is 1. The fourth-order valence-electron chi connectivity index (χ4n) is 3.37. The molecular weight excluding hydrogens is 435 g/mol. The molecule has 8 heteroatoms. The molecule has 0 unspecified atom stereocenters. The third-order valence-corrected chi connectivity index (χ3v) is 5.20. The molecule has 0 aromatic heterocycles. The Hall–Kier alpha value is -3.58. The minimum Gasteiger partial charge on any atom is -0.494 e. The molecule has 2 amide bonds. The van der Waals surface area contributed by atoms with Gasteiger partial charge in [-0.1, -0.05) is 35.9 Å². The topological polar surface area (TPSA) is 67.9 Å². The largest absolute Gasteiger partial charge is 0.494 e. The Kier molecular flexibility index (Phi) is 6.56. The lowest BCUT2D eigenvalue weighted by Crippen LogP contribution is -2.39. The van der Waals surface area contributed by atoms with Crippen LogP contribution in [0.5, 0.6) is 11.5 Å². The molecule has 3 aromatic rings. The fourth-order valence-corrected chi connectivity index (χ4v) is 3.61. The number of carbonyl (C=O) groups is 2. The average molecular weight is 455 g/mol. The first-order chi connectivity index (χ1) is 15.5. The lowest BCUT2D eigenvalue weighted by molar-refractivity contribution is -0.121. The first-order valence-electron chi connectivity index (χ1n) is 10.0. The van der Waals surface area contributed by atoms with Gasteiger partial charge in [0.2, 0.25) is 0 Å². The summed E-state index contributed by atoms with van der Waals surface area (Å²) < 4.78 is 25.2. The molecule has 1 aliphatic rings. The molecule has 0 fully saturated rings. The summed E-state index contributed by atoms with van der Waals surface area (Å²) in [5.74, 6) is -0.316. The van der Waals surface area contributed by atoms with E-state index in [1.165, 1.54) is 18.2 Å². The maximum absolute atomic E-state index is 14.0. The first kappa shape index (κ1) is 21.6. The molecule has 0 atom stereocenters. The maximum Gasteiger partial charge on any atom is 0.265 e. The van der Waals surface area contributed by atoms with E-state index in [1.54, 1.807) is 23.1 Å². The van der Waals surface area contributed by atoms with Gasteiger partial charge in [-0.15, -0.1) is 0 Å². The Morgan fingerprint density at radius 2 is 1.94 bits per heavy atom. The number of rotatable bonds is 7. The second-order valence-corrected chi connectivity index (χ2v) is 7.49. The van der Waals surface area contributed by atoms with Gasteiger partial charge in [0.15, 0.2) is 6.61 Å². The molecule has 1 heterocycles. The fraction of sp³-hybridized carbons (Fsp3) is 0.167. The van der Waals surface area contributed by atoms with Crippen molar-refractivity contribution in [1.82, 2.24) is 0 Å². The summed E-state index contributed by atoms with van der Waals surface area (Å²) in [6, 6.07) is 18.4. The SMILES string of the molecule is O=C(Nc1ccc2c(c1)OCC(=O)N2CCCOc1ccccc1)c1c(F)cccc1Cl. The van der Waals surface area contributed by atoms with E-state index in [-0.39, 0.29) is 23.1 Å². The van der Waals surface area contributed by atoms with E-state index >= 15 is 0 Å². The average Bonchev–Trinajstić information content (AvgIpc) is 2.78. The zero-order valence-electron chi connectivity index (χ0n) is 17.0. The van der Waals surface area contributed by atoms with Gasteiger partial charge in [0.05, 0.1) is 22.9 Å². The van der Waals surface area contributed by atoms with Crippen molar-refractivity contribution in [2.45, 2.75) is 6.42 Å². The predicted molar refractivity (Wildman–Crippen MR) is 120 cm³/mol. The van der Waals surface area contributed by atoms with Crippen LogP contribution < -0.4 is 19.7 Å². The minimum absolute atomic E-state index is 0.0196. The number of para-hydroxylation sites is 1. The minimum atomic E-state index is -0.710. The molecule has 0 saturated heterocycles. The van der Waals surface area contributed by atoms with Gasteiger partial charge in [-0.25, -0.2) is 4.39 Å². The number of hydrogen-bond acceptors (Lipinski definition) is 4. The zero-order chi connectivity index (χ0) is 22.5. The zero-order valence-corrected chi connectivity index (χ0v) is 17.8. The highest BCUT2D eigenvalue weighted by molar-refractivity contribution is 6.34. The van der Waals surface area contributed by atoms with Gasteiger partial charge in [0.1, 0.15) is 17.3 Å². The van der Waals surface area contributed by atoms with E-state index in [2.05, 4.69) is 5.32 Å². The van der Waals surface area contributed by atoms with Gasteiger partial charge in [-0.2, -0.15) is 0 Å². The van der Waals surface area contributed by atoms with Crippen molar-refractivity contribution >= 4 is 34.8 Å². The van der Waals surface area contributed by atoms with Crippen LogP contribution in [0.2, 0.25) is 5.02 Å². The molecular formula is C24H20ClFN2O4. The van der Waals surface area contributed by atoms with Crippen LogP contribution in [-0.2, 0) is 4.79 Å². The highest BCUT2D eigenvalue weighted by atomic mass is 35.5. The Bertz CT molecular complexity index is 1120. The molecule has 0 radical (unpaired) electrons. The van der Waals surface area contributed by atoms with E-state index in [1.807, 2.05) is 30.3 Å². The number of carbonyl (C=O) groups excluding carboxylic acids is 2. The standard InChI is InChI=1S/C24H20ClFN2O4/c25-18-8-4-9-19(26)23(18)24(30)27-16-10-11-20-21(14-16)32-15-22(29)28(20)12-5-13-31-17-6-2-1-3-7-17/h1-4,6-11,14H,5,12-13,15H2,(H,27,30). The number of anilines is 2. The molecule has 4 rings (SSSR count). The number of hydrogen-bond donors (Lipinski definition) is 1. The number of fused-ring (bicyclic) bond motifs is 1. The Labute approximate surface area is 189 Å². The molecule has 164 valence electrons. The number of halogens is 2. The van der Waals surface area contributed by atoms with Gasteiger partial charge < -0.3 is 19.7 Å². The molecule has 1 N–H and O–H groups in total. The molecule has 3 aromatic carbocycles. The highest BCUT2D eigenvalue weighted by Gasteiger charge is 2.26. The number of nitrogens with zero attached hydrogens (tertiary/aromatic N) is 1. The molecule has 32 heavy (non-hydrogen) atoms. The van der Waals surface area contributed by atoms with Crippen LogP contribution in [0.15, 0.2) is 66.7 Å². The van der Waals surface area contributed by atoms with Gasteiger partial charge in [0.25, 0.3) is 11.8 Å². The monoisotopic (exact) mass is 454 g/mol. The second-order valence-electron chi connectivity index (χ2n) is 7.08. The second kappa shape index (κ2) is 9.70. The van der Waals surface area contributed by atoms with E-state index in [4.69, 9.17) is 21.1 Å². The van der Waals surface area contributed by atoms with Gasteiger partial charge in [0, 0.05) is 18.3 Å². The van der Waals surface area contributed by atoms with E-state index in [0.29, 0.717) is 36.7 Å². The molecule has 0 bridgehead atoms. The van der Waals surface area contributed by atoms with Gasteiger partial charge in [-0.05, 0) is 42.8 Å². The summed E-state index contributed by atoms with van der Waals surface area (Å²) in [5.41, 5.74) is 0.765. The summed E-state index contributed by atoms with van der Waals surface area (Å²) in [7, 11) is 0. The summed E-state index contributed by atoms with van der Waals surface area (Å²) in [6.45, 7) is 0.809. The Morgan fingerprint density at radius 1 is 1.12 bits per heavy atom. The molecule has 1 aliphatic heterocycles. The van der Waals surface area contributed by atoms with Crippen molar-refractivity contribution in [2.75, 3.05) is 30.0 Å². The smallest absolute Gasteiger partial charge is 0.265 e. The van der Waals surface area contributed by atoms with Crippen molar-refractivity contribution in [2.24, 2.45) is 0 Å². The first-order valence-corrected chi connectivity index (χ1v) is 10.4. The van der Waals surface area contributed by atoms with E-state index in [9.17, 15) is 14.0 Å². The van der Waals surface area contributed by atoms with Crippen molar-refractivity contribution < 1.29 is 23.5 Å². The summed E-state index contributed by atoms with van der Waals surface area (Å²) in [4.78, 5) is 26.5.